The van der Waals surface area contributed by atoms with Crippen LogP contribution in [0.2, 0.25) is 0 Å². The highest BCUT2D eigenvalue weighted by Crippen LogP contribution is 2.35. The summed E-state index contributed by atoms with van der Waals surface area (Å²) in [6.07, 6.45) is 3.85. The first-order valence-corrected chi connectivity index (χ1v) is 16.0. The molecule has 5 nitrogen and oxygen atoms in total. The van der Waals surface area contributed by atoms with E-state index in [0.717, 1.165) is 40.4 Å². The van der Waals surface area contributed by atoms with E-state index < -0.39 is 9.33 Å². The molecule has 0 saturated heterocycles. The Labute approximate surface area is 268 Å². The minimum atomic E-state index is -1.68. The van der Waals surface area contributed by atoms with E-state index in [1.807, 2.05) is 77.7 Å². The Kier molecular flexibility index (Phi) is 11.4. The van der Waals surface area contributed by atoms with Crippen LogP contribution >= 0.6 is 46.6 Å². The van der Waals surface area contributed by atoms with Crippen LogP contribution in [0.1, 0.15) is 35.2 Å². The molecule has 3 aromatic carbocycles. The Hall–Kier alpha value is -2.48. The first-order chi connectivity index (χ1) is 20.0. The largest absolute Gasteiger partial charge is 0.347 e. The second kappa shape index (κ2) is 14.8. The van der Waals surface area contributed by atoms with Crippen molar-refractivity contribution >= 4 is 64.1 Å². The van der Waals surface area contributed by atoms with Gasteiger partial charge in [0.15, 0.2) is 3.79 Å². The predicted molar refractivity (Wildman–Crippen MR) is 177 cm³/mol. The van der Waals surface area contributed by atoms with E-state index in [-0.39, 0.29) is 18.2 Å². The number of halogens is 3. The lowest BCUT2D eigenvalue weighted by atomic mass is 9.90. The molecule has 1 aliphatic carbocycles. The zero-order chi connectivity index (χ0) is 30.2. The van der Waals surface area contributed by atoms with Gasteiger partial charge in [0, 0.05) is 35.0 Å². The molecule has 0 radical (unpaired) electrons. The maximum Gasteiger partial charge on any atom is 0.258 e. The standard InChI is InChI=1S/C33H36Cl3N3O2S/c1-38(2)19-20-42-29-15-13-28(14-16-29)39(31(41)27-11-7-4-8-12-27)24-26-17-18-32(22-26,21-25-9-5-3-6-10-25)37-30(40)23-33(34,35)36/h3-16,22H,17-21,23-24H2,1-2H3,(H,37,40). The highest BCUT2D eigenvalue weighted by atomic mass is 35.6. The van der Waals surface area contributed by atoms with Crippen LogP contribution in [-0.4, -0.2) is 59.0 Å². The fraction of sp³-hybridized carbons (Fsp3) is 0.333. The lowest BCUT2D eigenvalue weighted by Gasteiger charge is -2.30. The van der Waals surface area contributed by atoms with Crippen molar-refractivity contribution < 1.29 is 9.59 Å². The highest BCUT2D eigenvalue weighted by Gasteiger charge is 2.37. The Balaban J connectivity index is 1.61. The second-order valence-electron chi connectivity index (χ2n) is 10.9. The molecule has 222 valence electrons. The summed E-state index contributed by atoms with van der Waals surface area (Å²) in [6, 6.07) is 27.5. The van der Waals surface area contributed by atoms with Gasteiger partial charge in [-0.1, -0.05) is 95.0 Å². The molecule has 3 aromatic rings. The van der Waals surface area contributed by atoms with Crippen LogP contribution in [0.5, 0.6) is 0 Å². The zero-order valence-corrected chi connectivity index (χ0v) is 26.9. The van der Waals surface area contributed by atoms with Gasteiger partial charge in [-0.25, -0.2) is 0 Å². The maximum atomic E-state index is 13.8. The predicted octanol–water partition coefficient (Wildman–Crippen LogP) is 7.57. The van der Waals surface area contributed by atoms with E-state index in [4.69, 9.17) is 34.8 Å². The molecule has 0 spiro atoms. The molecule has 0 bridgehead atoms. The first-order valence-electron chi connectivity index (χ1n) is 13.9. The Morgan fingerprint density at radius 2 is 1.57 bits per heavy atom. The molecule has 1 aliphatic rings. The molecular formula is C33H36Cl3N3O2S. The number of carbonyl (C=O) groups excluding carboxylic acids is 2. The van der Waals surface area contributed by atoms with Crippen LogP contribution in [0, 0.1) is 0 Å². The third-order valence-electron chi connectivity index (χ3n) is 7.07. The minimum absolute atomic E-state index is 0.0784. The molecule has 0 saturated carbocycles. The molecular weight excluding hydrogens is 609 g/mol. The normalized spacial score (nSPS) is 16.8. The monoisotopic (exact) mass is 643 g/mol. The second-order valence-corrected chi connectivity index (χ2v) is 14.5. The summed E-state index contributed by atoms with van der Waals surface area (Å²) in [4.78, 5) is 31.9. The highest BCUT2D eigenvalue weighted by molar-refractivity contribution is 7.99. The van der Waals surface area contributed by atoms with E-state index in [1.165, 1.54) is 0 Å². The number of carbonyl (C=O) groups is 2. The van der Waals surface area contributed by atoms with Gasteiger partial charge in [0.25, 0.3) is 5.91 Å². The molecule has 1 N–H and O–H groups in total. The number of anilines is 1. The van der Waals surface area contributed by atoms with Crippen molar-refractivity contribution in [3.8, 4) is 0 Å². The van der Waals surface area contributed by atoms with Gasteiger partial charge < -0.3 is 15.1 Å². The van der Waals surface area contributed by atoms with Crippen LogP contribution < -0.4 is 10.2 Å². The topological polar surface area (TPSA) is 52.6 Å². The minimum Gasteiger partial charge on any atom is -0.347 e. The lowest BCUT2D eigenvalue weighted by Crippen LogP contribution is -2.48. The summed E-state index contributed by atoms with van der Waals surface area (Å²) in [5.74, 6) is 0.577. The molecule has 0 aliphatic heterocycles. The van der Waals surface area contributed by atoms with Crippen molar-refractivity contribution in [1.29, 1.82) is 0 Å². The van der Waals surface area contributed by atoms with Gasteiger partial charge >= 0.3 is 0 Å². The van der Waals surface area contributed by atoms with Crippen LogP contribution in [0.15, 0.2) is 101 Å². The van der Waals surface area contributed by atoms with Crippen LogP contribution in [0.25, 0.3) is 0 Å². The van der Waals surface area contributed by atoms with Crippen LogP contribution in [-0.2, 0) is 11.2 Å². The number of alkyl halides is 3. The third kappa shape index (κ3) is 9.78. The zero-order valence-electron chi connectivity index (χ0n) is 23.9. The number of thioether (sulfide) groups is 1. The van der Waals surface area contributed by atoms with Crippen molar-refractivity contribution in [2.75, 3.05) is 37.8 Å². The number of hydrogen-bond acceptors (Lipinski definition) is 4. The fourth-order valence-corrected chi connectivity index (χ4v) is 6.46. The Morgan fingerprint density at radius 1 is 0.929 bits per heavy atom. The van der Waals surface area contributed by atoms with Crippen molar-refractivity contribution in [2.24, 2.45) is 0 Å². The average Bonchev–Trinajstić information content (AvgIpc) is 3.33. The number of benzene rings is 3. The summed E-state index contributed by atoms with van der Waals surface area (Å²) in [7, 11) is 4.13. The van der Waals surface area contributed by atoms with E-state index in [1.54, 1.807) is 11.8 Å². The van der Waals surface area contributed by atoms with Crippen LogP contribution in [0.4, 0.5) is 5.69 Å². The average molecular weight is 645 g/mol. The summed E-state index contributed by atoms with van der Waals surface area (Å²) < 4.78 is -1.68. The first kappa shape index (κ1) is 32.4. The van der Waals surface area contributed by atoms with Crippen LogP contribution in [0.3, 0.4) is 0 Å². The molecule has 0 fully saturated rings. The van der Waals surface area contributed by atoms with Crippen molar-refractivity contribution in [1.82, 2.24) is 10.2 Å². The SMILES string of the molecule is CN(C)CCSc1ccc(N(CC2=CC(Cc3ccccc3)(NC(=O)CC(Cl)(Cl)Cl)CC2)C(=O)c2ccccc2)cc1. The van der Waals surface area contributed by atoms with Gasteiger partial charge in [0.05, 0.1) is 12.0 Å². The molecule has 2 amide bonds. The Bertz CT molecular complexity index is 1360. The van der Waals surface area contributed by atoms with Crippen molar-refractivity contribution in [3.63, 3.8) is 0 Å². The van der Waals surface area contributed by atoms with E-state index >= 15 is 0 Å². The van der Waals surface area contributed by atoms with E-state index in [2.05, 4.69) is 42.5 Å². The molecule has 0 aromatic heterocycles. The number of nitrogens with zero attached hydrogens (tertiary/aromatic N) is 2. The number of amides is 2. The van der Waals surface area contributed by atoms with Gasteiger partial charge in [-0.15, -0.1) is 11.8 Å². The smallest absolute Gasteiger partial charge is 0.258 e. The lowest BCUT2D eigenvalue weighted by molar-refractivity contribution is -0.122. The quantitative estimate of drug-likeness (QED) is 0.126. The summed E-state index contributed by atoms with van der Waals surface area (Å²) >= 11 is 19.6. The van der Waals surface area contributed by atoms with Gasteiger partial charge in [0.2, 0.25) is 5.91 Å². The van der Waals surface area contributed by atoms with E-state index in [0.29, 0.717) is 24.9 Å². The summed E-state index contributed by atoms with van der Waals surface area (Å²) in [5.41, 5.74) is 2.94. The molecule has 42 heavy (non-hydrogen) atoms. The Morgan fingerprint density at radius 3 is 2.19 bits per heavy atom. The molecule has 0 heterocycles. The number of nitrogens with one attached hydrogen (secondary N) is 1. The fourth-order valence-electron chi connectivity index (χ4n) is 5.08. The number of hydrogen-bond donors (Lipinski definition) is 1. The molecule has 1 atom stereocenters. The van der Waals surface area contributed by atoms with E-state index in [9.17, 15) is 9.59 Å². The summed E-state index contributed by atoms with van der Waals surface area (Å²) in [5, 5.41) is 3.16. The number of rotatable bonds is 12. The van der Waals surface area contributed by atoms with Gasteiger partial charge in [-0.05, 0) is 75.3 Å². The van der Waals surface area contributed by atoms with Gasteiger partial charge in [-0.2, -0.15) is 0 Å². The summed E-state index contributed by atoms with van der Waals surface area (Å²) in [6.45, 7) is 1.39. The molecule has 4 rings (SSSR count). The third-order valence-corrected chi connectivity index (χ3v) is 8.46. The van der Waals surface area contributed by atoms with Crippen molar-refractivity contribution in [2.45, 2.75) is 39.9 Å². The van der Waals surface area contributed by atoms with Gasteiger partial charge in [-0.3, -0.25) is 9.59 Å². The maximum absolute atomic E-state index is 13.8. The van der Waals surface area contributed by atoms with Gasteiger partial charge in [0.1, 0.15) is 0 Å². The molecule has 9 heteroatoms. The van der Waals surface area contributed by atoms with Crippen molar-refractivity contribution in [3.05, 3.63) is 108 Å². The molecule has 1 unspecified atom stereocenters.